The van der Waals surface area contributed by atoms with Gasteiger partial charge in [0.1, 0.15) is 11.3 Å². The van der Waals surface area contributed by atoms with Crippen molar-refractivity contribution in [3.63, 3.8) is 0 Å². The molecule has 5 nitrogen and oxygen atoms in total. The fourth-order valence-corrected chi connectivity index (χ4v) is 3.53. The summed E-state index contributed by atoms with van der Waals surface area (Å²) in [5.74, 6) is 1.67. The highest BCUT2D eigenvalue weighted by atomic mass is 16.5. The van der Waals surface area contributed by atoms with E-state index in [0.717, 1.165) is 39.2 Å². The number of benzene rings is 3. The summed E-state index contributed by atoms with van der Waals surface area (Å²) in [6.07, 6.45) is 0.593. The molecule has 1 heterocycles. The van der Waals surface area contributed by atoms with Crippen molar-refractivity contribution in [2.45, 2.75) is 40.0 Å². The van der Waals surface area contributed by atoms with Gasteiger partial charge in [0.25, 0.3) is 5.91 Å². The van der Waals surface area contributed by atoms with Crippen LogP contribution in [0.4, 0.5) is 5.69 Å². The number of oxazole rings is 1. The number of aryl methyl sites for hydroxylation is 1. The first-order valence-electron chi connectivity index (χ1n) is 10.9. The third kappa shape index (κ3) is 4.99. The monoisotopic (exact) mass is 428 g/mol. The smallest absolute Gasteiger partial charge is 0.262 e. The summed E-state index contributed by atoms with van der Waals surface area (Å²) < 4.78 is 11.6. The molecule has 0 saturated carbocycles. The highest BCUT2D eigenvalue weighted by molar-refractivity contribution is 5.91. The Hall–Kier alpha value is -3.60. The highest BCUT2D eigenvalue weighted by Crippen LogP contribution is 2.24. The molecule has 0 bridgehead atoms. The quantitative estimate of drug-likeness (QED) is 0.382. The predicted molar refractivity (Wildman–Crippen MR) is 127 cm³/mol. The van der Waals surface area contributed by atoms with Gasteiger partial charge in [0.05, 0.1) is 0 Å². The molecule has 0 aliphatic rings. The predicted octanol–water partition coefficient (Wildman–Crippen LogP) is 6.18. The van der Waals surface area contributed by atoms with E-state index < -0.39 is 0 Å². The number of anilines is 1. The number of ether oxygens (including phenoxy) is 1. The van der Waals surface area contributed by atoms with Gasteiger partial charge in [-0.1, -0.05) is 44.2 Å². The number of hydrogen-bond donors (Lipinski definition) is 1. The molecule has 0 atom stereocenters. The summed E-state index contributed by atoms with van der Waals surface area (Å²) in [7, 11) is 0. The lowest BCUT2D eigenvalue weighted by Gasteiger charge is -2.11. The molecule has 1 aromatic heterocycles. The Morgan fingerprint density at radius 1 is 1.06 bits per heavy atom. The van der Waals surface area contributed by atoms with Crippen LogP contribution in [0, 0.1) is 13.8 Å². The highest BCUT2D eigenvalue weighted by Gasteiger charge is 2.10. The fourth-order valence-electron chi connectivity index (χ4n) is 3.53. The van der Waals surface area contributed by atoms with Gasteiger partial charge < -0.3 is 14.5 Å². The molecule has 4 aromatic rings. The average Bonchev–Trinajstić information content (AvgIpc) is 3.17. The average molecular weight is 429 g/mol. The van der Waals surface area contributed by atoms with Crippen LogP contribution in [0.1, 0.15) is 47.9 Å². The molecule has 5 heteroatoms. The minimum Gasteiger partial charge on any atom is -0.483 e. The van der Waals surface area contributed by atoms with Crippen molar-refractivity contribution in [1.29, 1.82) is 0 Å². The zero-order valence-corrected chi connectivity index (χ0v) is 18.9. The summed E-state index contributed by atoms with van der Waals surface area (Å²) in [5.41, 5.74) is 6.91. The van der Waals surface area contributed by atoms with E-state index in [2.05, 4.69) is 36.3 Å². The summed E-state index contributed by atoms with van der Waals surface area (Å²) in [6.45, 7) is 8.30. The molecular formula is C27H28N2O3. The largest absolute Gasteiger partial charge is 0.483 e. The van der Waals surface area contributed by atoms with Crippen molar-refractivity contribution in [3.05, 3.63) is 88.8 Å². The molecule has 0 fully saturated rings. The zero-order chi connectivity index (χ0) is 22.7. The molecule has 1 amide bonds. The Morgan fingerprint density at radius 2 is 1.84 bits per heavy atom. The number of carbonyl (C=O) groups is 1. The number of carbonyl (C=O) groups excluding carboxylic acids is 1. The number of nitrogens with zero attached hydrogens (tertiary/aromatic N) is 1. The van der Waals surface area contributed by atoms with E-state index in [1.165, 1.54) is 5.56 Å². The first kappa shape index (κ1) is 21.6. The SMILES string of the molecule is Cc1cccc(OCC(=O)Nc2ccc(Cc3nc4cc(C(C)C)ccc4o3)cc2)c1C. The number of hydrogen-bond acceptors (Lipinski definition) is 4. The van der Waals surface area contributed by atoms with Gasteiger partial charge in [-0.15, -0.1) is 0 Å². The normalized spacial score (nSPS) is 11.2. The van der Waals surface area contributed by atoms with E-state index in [1.54, 1.807) is 0 Å². The second-order valence-corrected chi connectivity index (χ2v) is 8.40. The first-order chi connectivity index (χ1) is 15.4. The standard InChI is InChI=1S/C27H28N2O3/c1-17(2)21-10-13-25-23(15-21)29-27(32-25)14-20-8-11-22(12-9-20)28-26(30)16-31-24-7-5-6-18(3)19(24)4/h5-13,15,17H,14,16H2,1-4H3,(H,28,30). The summed E-state index contributed by atoms with van der Waals surface area (Å²) in [4.78, 5) is 16.9. The Morgan fingerprint density at radius 3 is 2.59 bits per heavy atom. The number of aromatic nitrogens is 1. The molecule has 32 heavy (non-hydrogen) atoms. The van der Waals surface area contributed by atoms with E-state index in [1.807, 2.05) is 62.4 Å². The molecule has 3 aromatic carbocycles. The van der Waals surface area contributed by atoms with Gasteiger partial charge in [-0.2, -0.15) is 0 Å². The number of fused-ring (bicyclic) bond motifs is 1. The zero-order valence-electron chi connectivity index (χ0n) is 18.9. The second-order valence-electron chi connectivity index (χ2n) is 8.40. The van der Waals surface area contributed by atoms with Crippen molar-refractivity contribution in [3.8, 4) is 5.75 Å². The van der Waals surface area contributed by atoms with E-state index in [4.69, 9.17) is 9.15 Å². The van der Waals surface area contributed by atoms with Crippen LogP contribution in [0.2, 0.25) is 0 Å². The molecule has 164 valence electrons. The molecule has 0 radical (unpaired) electrons. The van der Waals surface area contributed by atoms with Crippen molar-refractivity contribution in [2.75, 3.05) is 11.9 Å². The molecule has 0 saturated heterocycles. The van der Waals surface area contributed by atoms with E-state index >= 15 is 0 Å². The van der Waals surface area contributed by atoms with Crippen molar-refractivity contribution in [1.82, 2.24) is 4.98 Å². The van der Waals surface area contributed by atoms with E-state index in [0.29, 0.717) is 18.2 Å². The van der Waals surface area contributed by atoms with Crippen LogP contribution in [0.15, 0.2) is 65.1 Å². The van der Waals surface area contributed by atoms with Crippen molar-refractivity contribution in [2.24, 2.45) is 0 Å². The van der Waals surface area contributed by atoms with E-state index in [-0.39, 0.29) is 12.5 Å². The molecular weight excluding hydrogens is 400 g/mol. The van der Waals surface area contributed by atoms with Crippen LogP contribution in [-0.2, 0) is 11.2 Å². The van der Waals surface area contributed by atoms with Gasteiger partial charge in [-0.25, -0.2) is 4.98 Å². The van der Waals surface area contributed by atoms with Crippen molar-refractivity contribution >= 4 is 22.7 Å². The maximum absolute atomic E-state index is 12.3. The topological polar surface area (TPSA) is 64.4 Å². The van der Waals surface area contributed by atoms with Crippen molar-refractivity contribution < 1.29 is 13.9 Å². The molecule has 1 N–H and O–H groups in total. The number of rotatable bonds is 7. The third-order valence-corrected chi connectivity index (χ3v) is 5.63. The Kier molecular flexibility index (Phi) is 6.26. The van der Waals surface area contributed by atoms with Gasteiger partial charge in [-0.3, -0.25) is 4.79 Å². The number of nitrogens with one attached hydrogen (secondary N) is 1. The molecule has 4 rings (SSSR count). The number of amides is 1. The summed E-state index contributed by atoms with van der Waals surface area (Å²) >= 11 is 0. The van der Waals surface area contributed by atoms with E-state index in [9.17, 15) is 4.79 Å². The van der Waals surface area contributed by atoms with Gasteiger partial charge in [0.2, 0.25) is 0 Å². The molecule has 0 aliphatic carbocycles. The second kappa shape index (κ2) is 9.27. The van der Waals surface area contributed by atoms with Crippen LogP contribution >= 0.6 is 0 Å². The van der Waals surface area contributed by atoms with Crippen LogP contribution in [-0.4, -0.2) is 17.5 Å². The summed E-state index contributed by atoms with van der Waals surface area (Å²) in [6, 6.07) is 19.7. The van der Waals surface area contributed by atoms with Gasteiger partial charge in [0, 0.05) is 12.1 Å². The molecule has 0 aliphatic heterocycles. The maximum atomic E-state index is 12.3. The van der Waals surface area contributed by atoms with Crippen LogP contribution in [0.5, 0.6) is 5.75 Å². The molecule has 0 spiro atoms. The Labute approximate surface area is 188 Å². The first-order valence-corrected chi connectivity index (χ1v) is 10.9. The Bertz CT molecular complexity index is 1240. The minimum atomic E-state index is -0.196. The minimum absolute atomic E-state index is 0.0344. The maximum Gasteiger partial charge on any atom is 0.262 e. The lowest BCUT2D eigenvalue weighted by Crippen LogP contribution is -2.20. The van der Waals surface area contributed by atoms with Crippen LogP contribution in [0.25, 0.3) is 11.1 Å². The molecule has 0 unspecified atom stereocenters. The lowest BCUT2D eigenvalue weighted by molar-refractivity contribution is -0.118. The van der Waals surface area contributed by atoms with Crippen LogP contribution < -0.4 is 10.1 Å². The summed E-state index contributed by atoms with van der Waals surface area (Å²) in [5, 5.41) is 2.87. The van der Waals surface area contributed by atoms with Crippen LogP contribution in [0.3, 0.4) is 0 Å². The lowest BCUT2D eigenvalue weighted by atomic mass is 10.0. The third-order valence-electron chi connectivity index (χ3n) is 5.63. The van der Waals surface area contributed by atoms with Gasteiger partial charge in [-0.05, 0) is 72.4 Å². The van der Waals surface area contributed by atoms with Gasteiger partial charge in [0.15, 0.2) is 18.1 Å². The fraction of sp³-hybridized carbons (Fsp3) is 0.259. The van der Waals surface area contributed by atoms with Gasteiger partial charge >= 0.3 is 0 Å². The Balaban J connectivity index is 1.35.